The number of nitrogens with zero attached hydrogens (tertiary/aromatic N) is 2. The maximum atomic E-state index is 5.94. The van der Waals surface area contributed by atoms with Crippen molar-refractivity contribution in [3.63, 3.8) is 0 Å². The first-order valence-corrected chi connectivity index (χ1v) is 7.74. The standard InChI is InChI=1S/C11H12BrN3S2/c1-2-10-14-11(17-15-10)16-6-7-8(12)4-3-5-9(7)13/h3-5H,2,6,13H2,1H3. The molecule has 0 fully saturated rings. The molecule has 2 rings (SSSR count). The number of thioether (sulfide) groups is 1. The van der Waals surface area contributed by atoms with Gasteiger partial charge in [0.25, 0.3) is 0 Å². The van der Waals surface area contributed by atoms with Gasteiger partial charge in [0.2, 0.25) is 0 Å². The van der Waals surface area contributed by atoms with E-state index in [1.54, 1.807) is 11.8 Å². The van der Waals surface area contributed by atoms with E-state index < -0.39 is 0 Å². The van der Waals surface area contributed by atoms with E-state index in [-0.39, 0.29) is 0 Å². The Bertz CT molecular complexity index is 493. The van der Waals surface area contributed by atoms with Gasteiger partial charge in [-0.2, -0.15) is 4.37 Å². The second-order valence-electron chi connectivity index (χ2n) is 3.43. The number of aryl methyl sites for hydroxylation is 1. The van der Waals surface area contributed by atoms with Crippen LogP contribution in [0.5, 0.6) is 0 Å². The van der Waals surface area contributed by atoms with E-state index in [1.807, 2.05) is 18.2 Å². The molecular weight excluding hydrogens is 318 g/mol. The van der Waals surface area contributed by atoms with Crippen LogP contribution in [-0.2, 0) is 12.2 Å². The molecule has 0 aliphatic heterocycles. The summed E-state index contributed by atoms with van der Waals surface area (Å²) >= 11 is 6.64. The highest BCUT2D eigenvalue weighted by Crippen LogP contribution is 2.31. The number of anilines is 1. The highest BCUT2D eigenvalue weighted by Gasteiger charge is 2.07. The van der Waals surface area contributed by atoms with E-state index in [2.05, 4.69) is 32.2 Å². The van der Waals surface area contributed by atoms with Crippen molar-refractivity contribution in [3.8, 4) is 0 Å². The van der Waals surface area contributed by atoms with Crippen molar-refractivity contribution < 1.29 is 0 Å². The van der Waals surface area contributed by atoms with Gasteiger partial charge in [-0.3, -0.25) is 0 Å². The molecule has 0 unspecified atom stereocenters. The summed E-state index contributed by atoms with van der Waals surface area (Å²) in [6, 6.07) is 5.86. The minimum atomic E-state index is 0.811. The average Bonchev–Trinajstić information content (AvgIpc) is 2.76. The number of hydrogen-bond acceptors (Lipinski definition) is 5. The van der Waals surface area contributed by atoms with Gasteiger partial charge >= 0.3 is 0 Å². The zero-order valence-electron chi connectivity index (χ0n) is 9.31. The average molecular weight is 330 g/mol. The van der Waals surface area contributed by atoms with Crippen LogP contribution < -0.4 is 5.73 Å². The van der Waals surface area contributed by atoms with Gasteiger partial charge in [0, 0.05) is 22.3 Å². The maximum Gasteiger partial charge on any atom is 0.170 e. The van der Waals surface area contributed by atoms with Crippen LogP contribution in [-0.4, -0.2) is 9.36 Å². The Balaban J connectivity index is 2.07. The molecule has 6 heteroatoms. The third-order valence-corrected chi connectivity index (χ3v) is 4.90. The normalized spacial score (nSPS) is 10.7. The largest absolute Gasteiger partial charge is 0.398 e. The summed E-state index contributed by atoms with van der Waals surface area (Å²) in [6.45, 7) is 2.06. The van der Waals surface area contributed by atoms with Gasteiger partial charge in [0.05, 0.1) is 0 Å². The fourth-order valence-corrected chi connectivity index (χ4v) is 3.77. The van der Waals surface area contributed by atoms with E-state index in [9.17, 15) is 0 Å². The summed E-state index contributed by atoms with van der Waals surface area (Å²) in [6.07, 6.45) is 0.883. The molecule has 2 N–H and O–H groups in total. The lowest BCUT2D eigenvalue weighted by atomic mass is 10.2. The molecule has 0 saturated carbocycles. The number of halogens is 1. The topological polar surface area (TPSA) is 51.8 Å². The van der Waals surface area contributed by atoms with Crippen LogP contribution in [0.25, 0.3) is 0 Å². The van der Waals surface area contributed by atoms with Crippen LogP contribution in [0.4, 0.5) is 5.69 Å². The summed E-state index contributed by atoms with van der Waals surface area (Å²) in [4.78, 5) is 4.42. The summed E-state index contributed by atoms with van der Waals surface area (Å²) in [7, 11) is 0. The van der Waals surface area contributed by atoms with E-state index >= 15 is 0 Å². The Morgan fingerprint density at radius 2 is 2.29 bits per heavy atom. The molecule has 0 spiro atoms. The second kappa shape index (κ2) is 5.84. The highest BCUT2D eigenvalue weighted by molar-refractivity contribution is 9.10. The zero-order chi connectivity index (χ0) is 12.3. The molecule has 1 aromatic heterocycles. The van der Waals surface area contributed by atoms with E-state index in [4.69, 9.17) is 5.73 Å². The minimum Gasteiger partial charge on any atom is -0.398 e. The molecule has 2 aromatic rings. The SMILES string of the molecule is CCc1nsc(SCc2c(N)cccc2Br)n1. The summed E-state index contributed by atoms with van der Waals surface area (Å²) in [5.41, 5.74) is 7.87. The summed E-state index contributed by atoms with van der Waals surface area (Å²) in [5, 5.41) is 0. The van der Waals surface area contributed by atoms with Crippen LogP contribution in [0.15, 0.2) is 27.0 Å². The molecular formula is C11H12BrN3S2. The zero-order valence-corrected chi connectivity index (χ0v) is 12.5. The molecule has 0 amide bonds. The van der Waals surface area contributed by atoms with Crippen LogP contribution >= 0.6 is 39.2 Å². The van der Waals surface area contributed by atoms with Crippen LogP contribution in [0.1, 0.15) is 18.3 Å². The Kier molecular flexibility index (Phi) is 4.42. The van der Waals surface area contributed by atoms with Crippen molar-refractivity contribution in [1.82, 2.24) is 9.36 Å². The van der Waals surface area contributed by atoms with E-state index in [0.29, 0.717) is 0 Å². The Labute approximate surface area is 117 Å². The molecule has 0 aliphatic rings. The number of nitrogens with two attached hydrogens (primary N) is 1. The lowest BCUT2D eigenvalue weighted by Crippen LogP contribution is -1.93. The number of benzene rings is 1. The molecule has 3 nitrogen and oxygen atoms in total. The molecule has 17 heavy (non-hydrogen) atoms. The molecule has 0 atom stereocenters. The van der Waals surface area contributed by atoms with Crippen molar-refractivity contribution in [3.05, 3.63) is 34.1 Å². The molecule has 1 aromatic carbocycles. The summed E-state index contributed by atoms with van der Waals surface area (Å²) in [5.74, 6) is 1.73. The van der Waals surface area contributed by atoms with Gasteiger partial charge < -0.3 is 5.73 Å². The Morgan fingerprint density at radius 3 is 2.94 bits per heavy atom. The first kappa shape index (κ1) is 12.9. The number of hydrogen-bond donors (Lipinski definition) is 1. The maximum absolute atomic E-state index is 5.94. The molecule has 0 radical (unpaired) electrons. The molecule has 90 valence electrons. The lowest BCUT2D eigenvalue weighted by molar-refractivity contribution is 0.971. The fourth-order valence-electron chi connectivity index (χ4n) is 1.30. The molecule has 0 aliphatic carbocycles. The smallest absolute Gasteiger partial charge is 0.170 e. The third kappa shape index (κ3) is 3.20. The quantitative estimate of drug-likeness (QED) is 0.685. The van der Waals surface area contributed by atoms with Crippen LogP contribution in [0.3, 0.4) is 0 Å². The monoisotopic (exact) mass is 329 g/mol. The number of nitrogen functional groups attached to an aromatic ring is 1. The van der Waals surface area contributed by atoms with Gasteiger partial charge in [-0.25, -0.2) is 4.98 Å². The fraction of sp³-hybridized carbons (Fsp3) is 0.273. The van der Waals surface area contributed by atoms with Gasteiger partial charge in [-0.15, -0.1) is 0 Å². The molecule has 0 bridgehead atoms. The number of rotatable bonds is 4. The molecule has 0 saturated heterocycles. The lowest BCUT2D eigenvalue weighted by Gasteiger charge is -2.06. The van der Waals surface area contributed by atoms with Gasteiger partial charge in [0.15, 0.2) is 4.34 Å². The van der Waals surface area contributed by atoms with E-state index in [1.165, 1.54) is 11.5 Å². The Morgan fingerprint density at radius 1 is 1.47 bits per heavy atom. The van der Waals surface area contributed by atoms with Crippen molar-refractivity contribution in [2.75, 3.05) is 5.73 Å². The van der Waals surface area contributed by atoms with Crippen molar-refractivity contribution in [1.29, 1.82) is 0 Å². The van der Waals surface area contributed by atoms with Crippen molar-refractivity contribution in [2.45, 2.75) is 23.4 Å². The van der Waals surface area contributed by atoms with Crippen LogP contribution in [0, 0.1) is 0 Å². The van der Waals surface area contributed by atoms with Gasteiger partial charge in [-0.05, 0) is 29.2 Å². The first-order valence-electron chi connectivity index (χ1n) is 5.19. The van der Waals surface area contributed by atoms with Crippen molar-refractivity contribution >= 4 is 44.9 Å². The predicted molar refractivity (Wildman–Crippen MR) is 77.4 cm³/mol. The van der Waals surface area contributed by atoms with E-state index in [0.717, 1.165) is 38.1 Å². The highest BCUT2D eigenvalue weighted by atomic mass is 79.9. The number of aromatic nitrogens is 2. The molecule has 1 heterocycles. The van der Waals surface area contributed by atoms with Gasteiger partial charge in [0.1, 0.15) is 5.82 Å². The third-order valence-electron chi connectivity index (χ3n) is 2.26. The van der Waals surface area contributed by atoms with Crippen LogP contribution in [0.2, 0.25) is 0 Å². The minimum absolute atomic E-state index is 0.811. The second-order valence-corrected chi connectivity index (χ2v) is 6.26. The Hall–Kier alpha value is -0.590. The predicted octanol–water partition coefficient (Wildman–Crippen LogP) is 3.74. The van der Waals surface area contributed by atoms with Crippen molar-refractivity contribution in [2.24, 2.45) is 0 Å². The summed E-state index contributed by atoms with van der Waals surface area (Å²) < 4.78 is 6.30. The first-order chi connectivity index (χ1) is 8.20. The van der Waals surface area contributed by atoms with Gasteiger partial charge in [-0.1, -0.05) is 40.7 Å².